The van der Waals surface area contributed by atoms with E-state index in [9.17, 15) is 14.3 Å². The molecule has 0 aliphatic carbocycles. The molecule has 1 amide bonds. The zero-order valence-electron chi connectivity index (χ0n) is 17.6. The molecule has 2 N–H and O–H groups in total. The average molecular weight is 474 g/mol. The summed E-state index contributed by atoms with van der Waals surface area (Å²) in [6.07, 6.45) is 0.767. The summed E-state index contributed by atoms with van der Waals surface area (Å²) in [5.41, 5.74) is 2.41. The van der Waals surface area contributed by atoms with Gasteiger partial charge in [-0.25, -0.2) is 9.37 Å². The number of benzene rings is 2. The number of nitrogens with one attached hydrogen (secondary N) is 1. The van der Waals surface area contributed by atoms with E-state index < -0.39 is 5.82 Å². The first-order valence-corrected chi connectivity index (χ1v) is 11.0. The Balaban J connectivity index is 1.85. The number of pyridine rings is 1. The van der Waals surface area contributed by atoms with Gasteiger partial charge in [-0.1, -0.05) is 29.3 Å². The average Bonchev–Trinajstić information content (AvgIpc) is 3.18. The van der Waals surface area contributed by atoms with E-state index in [1.54, 1.807) is 43.3 Å². The predicted octanol–water partition coefficient (Wildman–Crippen LogP) is 5.59. The molecule has 32 heavy (non-hydrogen) atoms. The lowest BCUT2D eigenvalue weighted by molar-refractivity contribution is -0.119. The minimum absolute atomic E-state index is 0.000627. The van der Waals surface area contributed by atoms with Gasteiger partial charge in [0.25, 0.3) is 0 Å². The van der Waals surface area contributed by atoms with Crippen LogP contribution in [-0.2, 0) is 4.79 Å². The van der Waals surface area contributed by atoms with Crippen molar-refractivity contribution in [2.45, 2.75) is 26.3 Å². The molecular weight excluding hydrogens is 452 g/mol. The van der Waals surface area contributed by atoms with Crippen LogP contribution in [0.2, 0.25) is 10.0 Å². The number of nitrogens with zero attached hydrogens (tertiary/aromatic N) is 2. The topological polar surface area (TPSA) is 65.5 Å². The van der Waals surface area contributed by atoms with E-state index in [2.05, 4.69) is 5.32 Å². The first-order chi connectivity index (χ1) is 15.2. The Morgan fingerprint density at radius 1 is 1.22 bits per heavy atom. The molecule has 4 rings (SSSR count). The second-order valence-electron chi connectivity index (χ2n) is 7.95. The maximum Gasteiger partial charge on any atom is 0.217 e. The molecule has 2 aromatic carbocycles. The zero-order valence-corrected chi connectivity index (χ0v) is 19.1. The lowest BCUT2D eigenvalue weighted by Crippen LogP contribution is -2.35. The smallest absolute Gasteiger partial charge is 0.217 e. The molecule has 3 aromatic rings. The summed E-state index contributed by atoms with van der Waals surface area (Å²) in [6, 6.07) is 11.2. The van der Waals surface area contributed by atoms with Gasteiger partial charge in [-0.05, 0) is 60.9 Å². The maximum atomic E-state index is 14.7. The molecule has 1 atom stereocenters. The fourth-order valence-corrected chi connectivity index (χ4v) is 4.41. The number of phenolic OH excluding ortho intramolecular Hbond substituents is 1. The Labute approximate surface area is 195 Å². The van der Waals surface area contributed by atoms with Crippen LogP contribution in [0.15, 0.2) is 42.5 Å². The molecular formula is C24H22Cl2FN3O2. The van der Waals surface area contributed by atoms with Crippen molar-refractivity contribution in [2.24, 2.45) is 0 Å². The summed E-state index contributed by atoms with van der Waals surface area (Å²) in [4.78, 5) is 18.2. The fraction of sp³-hybridized carbons (Fsp3) is 0.250. The van der Waals surface area contributed by atoms with Crippen molar-refractivity contribution in [1.82, 2.24) is 10.3 Å². The molecule has 0 bridgehead atoms. The van der Waals surface area contributed by atoms with Crippen molar-refractivity contribution in [3.05, 3.63) is 63.9 Å². The molecule has 166 valence electrons. The maximum absolute atomic E-state index is 14.7. The number of amides is 1. The molecule has 1 unspecified atom stereocenters. The number of aromatic nitrogens is 1. The molecule has 5 nitrogen and oxygen atoms in total. The van der Waals surface area contributed by atoms with E-state index in [1.807, 2.05) is 4.90 Å². The Bertz CT molecular complexity index is 1180. The van der Waals surface area contributed by atoms with Gasteiger partial charge in [0.2, 0.25) is 5.91 Å². The number of aromatic hydroxyl groups is 1. The molecule has 1 aliphatic rings. The van der Waals surface area contributed by atoms with Gasteiger partial charge in [0.15, 0.2) is 0 Å². The first kappa shape index (κ1) is 22.4. The van der Waals surface area contributed by atoms with Crippen molar-refractivity contribution in [2.75, 3.05) is 18.0 Å². The highest BCUT2D eigenvalue weighted by Crippen LogP contribution is 2.39. The number of rotatable bonds is 4. The number of phenols is 1. The Kier molecular flexibility index (Phi) is 6.26. The van der Waals surface area contributed by atoms with Crippen molar-refractivity contribution in [1.29, 1.82) is 0 Å². The van der Waals surface area contributed by atoms with Crippen molar-refractivity contribution in [3.8, 4) is 28.1 Å². The van der Waals surface area contributed by atoms with Gasteiger partial charge >= 0.3 is 0 Å². The Hall–Kier alpha value is -2.83. The van der Waals surface area contributed by atoms with Crippen LogP contribution in [0.25, 0.3) is 22.4 Å². The summed E-state index contributed by atoms with van der Waals surface area (Å²) >= 11 is 12.6. The zero-order chi connectivity index (χ0) is 23.0. The van der Waals surface area contributed by atoms with Gasteiger partial charge in [0.1, 0.15) is 17.4 Å². The van der Waals surface area contributed by atoms with E-state index in [4.69, 9.17) is 28.2 Å². The van der Waals surface area contributed by atoms with Gasteiger partial charge < -0.3 is 15.3 Å². The van der Waals surface area contributed by atoms with Gasteiger partial charge in [-0.3, -0.25) is 4.79 Å². The van der Waals surface area contributed by atoms with Crippen LogP contribution in [0.1, 0.15) is 18.9 Å². The van der Waals surface area contributed by atoms with Crippen LogP contribution < -0.4 is 10.2 Å². The molecule has 0 saturated carbocycles. The lowest BCUT2D eigenvalue weighted by atomic mass is 10.0. The van der Waals surface area contributed by atoms with Crippen molar-refractivity contribution in [3.63, 3.8) is 0 Å². The summed E-state index contributed by atoms with van der Waals surface area (Å²) in [5, 5.41) is 14.3. The summed E-state index contributed by atoms with van der Waals surface area (Å²) in [6.45, 7) is 4.53. The Morgan fingerprint density at radius 3 is 2.72 bits per heavy atom. The molecule has 0 radical (unpaired) electrons. The molecule has 0 spiro atoms. The number of aryl methyl sites for hydroxylation is 1. The van der Waals surface area contributed by atoms with Crippen molar-refractivity contribution < 1.29 is 14.3 Å². The van der Waals surface area contributed by atoms with Crippen molar-refractivity contribution >= 4 is 34.9 Å². The highest BCUT2D eigenvalue weighted by atomic mass is 35.5. The molecule has 1 aromatic heterocycles. The highest BCUT2D eigenvalue weighted by Gasteiger charge is 2.26. The second kappa shape index (κ2) is 8.96. The number of carbonyl (C=O) groups excluding carboxylic acids is 1. The monoisotopic (exact) mass is 473 g/mol. The predicted molar refractivity (Wildman–Crippen MR) is 126 cm³/mol. The van der Waals surface area contributed by atoms with Gasteiger partial charge in [0, 0.05) is 42.2 Å². The molecule has 1 saturated heterocycles. The van der Waals surface area contributed by atoms with Crippen LogP contribution in [0.5, 0.6) is 5.75 Å². The number of carbonyl (C=O) groups is 1. The summed E-state index contributed by atoms with van der Waals surface area (Å²) in [7, 11) is 0. The number of hydrogen-bond acceptors (Lipinski definition) is 4. The number of hydrogen-bond donors (Lipinski definition) is 2. The second-order valence-corrected chi connectivity index (χ2v) is 8.76. The normalized spacial score (nSPS) is 15.8. The third-order valence-electron chi connectivity index (χ3n) is 5.54. The highest BCUT2D eigenvalue weighted by molar-refractivity contribution is 6.33. The Morgan fingerprint density at radius 2 is 2.00 bits per heavy atom. The number of halogens is 3. The molecule has 2 heterocycles. The first-order valence-electron chi connectivity index (χ1n) is 10.2. The molecule has 1 aliphatic heterocycles. The van der Waals surface area contributed by atoms with E-state index in [-0.39, 0.29) is 28.3 Å². The van der Waals surface area contributed by atoms with E-state index in [0.29, 0.717) is 40.8 Å². The van der Waals surface area contributed by atoms with Crippen LogP contribution in [-0.4, -0.2) is 35.1 Å². The SMILES string of the molecule is CC(=O)NC1CCN(c2cc(-c3c(F)cccc3Cl)cc(-c3cc(Cl)c(C)cc3O)n2)C1. The lowest BCUT2D eigenvalue weighted by Gasteiger charge is -2.21. The van der Waals surface area contributed by atoms with Gasteiger partial charge in [-0.2, -0.15) is 0 Å². The summed E-state index contributed by atoms with van der Waals surface area (Å²) < 4.78 is 14.7. The molecule has 1 fully saturated rings. The van der Waals surface area contributed by atoms with Gasteiger partial charge in [-0.15, -0.1) is 0 Å². The largest absolute Gasteiger partial charge is 0.507 e. The van der Waals surface area contributed by atoms with E-state index in [1.165, 1.54) is 13.0 Å². The van der Waals surface area contributed by atoms with Gasteiger partial charge in [0.05, 0.1) is 10.7 Å². The minimum Gasteiger partial charge on any atom is -0.507 e. The summed E-state index contributed by atoms with van der Waals surface area (Å²) in [5.74, 6) is 0.0846. The number of anilines is 1. The van der Waals surface area contributed by atoms with Crippen LogP contribution >= 0.6 is 23.2 Å². The third-order valence-corrected chi connectivity index (χ3v) is 6.26. The van der Waals surface area contributed by atoms with Crippen LogP contribution in [0, 0.1) is 12.7 Å². The van der Waals surface area contributed by atoms with E-state index >= 15 is 0 Å². The molecule has 8 heteroatoms. The van der Waals surface area contributed by atoms with Crippen LogP contribution in [0.3, 0.4) is 0 Å². The third kappa shape index (κ3) is 4.52. The fourth-order valence-electron chi connectivity index (χ4n) is 3.98. The minimum atomic E-state index is -0.454. The van der Waals surface area contributed by atoms with Crippen LogP contribution in [0.4, 0.5) is 10.2 Å². The van der Waals surface area contributed by atoms with E-state index in [0.717, 1.165) is 12.0 Å². The quantitative estimate of drug-likeness (QED) is 0.518. The standard InChI is InChI=1S/C24H22Cl2FN3O2/c1-13-8-22(32)17(11-19(13)26)21-9-15(24-18(25)4-3-5-20(24)27)10-23(29-21)30-7-6-16(12-30)28-14(2)31/h3-5,8-11,16,32H,6-7,12H2,1-2H3,(H,28,31).